The zero-order valence-electron chi connectivity index (χ0n) is 18.8. The van der Waals surface area contributed by atoms with Gasteiger partial charge in [0.1, 0.15) is 24.0 Å². The maximum Gasteiger partial charge on any atom is 0.239 e. The quantitative estimate of drug-likeness (QED) is 0.388. The minimum Gasteiger partial charge on any atom is -0.353 e. The molecule has 4 aromatic rings. The number of nitrogens with zero attached hydrogens (tertiary/aromatic N) is 5. The number of aryl methyl sites for hydroxylation is 1. The molecule has 1 unspecified atom stereocenters. The number of halogens is 3. The summed E-state index contributed by atoms with van der Waals surface area (Å²) in [4.78, 5) is 23.7. The molecule has 0 aliphatic carbocycles. The lowest BCUT2D eigenvalue weighted by atomic mass is 10.1. The number of amides is 1. The second-order valence-corrected chi connectivity index (χ2v) is 9.62. The number of anilines is 1. The van der Waals surface area contributed by atoms with Gasteiger partial charge < -0.3 is 15.5 Å². The Bertz CT molecular complexity index is 1410. The van der Waals surface area contributed by atoms with Crippen LogP contribution in [0.4, 0.5) is 10.2 Å². The minimum atomic E-state index is -0.416. The maximum atomic E-state index is 14.1. The molecule has 2 aromatic heterocycles. The minimum absolute atomic E-state index is 0.107. The Hall–Kier alpha value is -3.08. The van der Waals surface area contributed by atoms with Crippen molar-refractivity contribution in [3.8, 4) is 5.69 Å². The fourth-order valence-electron chi connectivity index (χ4n) is 4.01. The number of hydrogen-bond donors (Lipinski definition) is 2. The number of piperazine rings is 1. The van der Waals surface area contributed by atoms with Crippen molar-refractivity contribution in [2.24, 2.45) is 0 Å². The van der Waals surface area contributed by atoms with Crippen molar-refractivity contribution in [2.45, 2.75) is 19.5 Å². The molecule has 5 rings (SSSR count). The average molecular weight is 559 g/mol. The average Bonchev–Trinajstić information content (AvgIpc) is 3.31. The van der Waals surface area contributed by atoms with E-state index in [1.165, 1.54) is 12.4 Å². The van der Waals surface area contributed by atoms with E-state index in [0.717, 1.165) is 15.4 Å². The van der Waals surface area contributed by atoms with Gasteiger partial charge in [-0.25, -0.2) is 19.0 Å². The van der Waals surface area contributed by atoms with Crippen LogP contribution in [0.2, 0.25) is 5.02 Å². The van der Waals surface area contributed by atoms with E-state index >= 15 is 0 Å². The van der Waals surface area contributed by atoms with Crippen LogP contribution < -0.4 is 15.5 Å². The highest BCUT2D eigenvalue weighted by Crippen LogP contribution is 2.25. The SMILES string of the molecule is Cc1ccc(-n2cc3c(N4CCNC(C(=O)NCc5ccc(Br)c(Cl)c5)C4)ncnc3n2)cc1F. The lowest BCUT2D eigenvalue weighted by Gasteiger charge is -2.33. The molecule has 2 N–H and O–H groups in total. The highest BCUT2D eigenvalue weighted by Gasteiger charge is 2.27. The van der Waals surface area contributed by atoms with E-state index in [0.29, 0.717) is 53.9 Å². The van der Waals surface area contributed by atoms with E-state index < -0.39 is 6.04 Å². The molecule has 180 valence electrons. The maximum absolute atomic E-state index is 14.1. The summed E-state index contributed by atoms with van der Waals surface area (Å²) < 4.78 is 16.5. The second-order valence-electron chi connectivity index (χ2n) is 8.36. The molecule has 2 aromatic carbocycles. The lowest BCUT2D eigenvalue weighted by Crippen LogP contribution is -2.57. The van der Waals surface area contributed by atoms with Gasteiger partial charge in [-0.05, 0) is 58.2 Å². The smallest absolute Gasteiger partial charge is 0.239 e. The molecule has 3 heterocycles. The number of carbonyl (C=O) groups is 1. The fraction of sp³-hybridized carbons (Fsp3) is 0.250. The van der Waals surface area contributed by atoms with Gasteiger partial charge in [-0.1, -0.05) is 23.7 Å². The Balaban J connectivity index is 1.33. The zero-order chi connectivity index (χ0) is 24.5. The molecule has 1 saturated heterocycles. The van der Waals surface area contributed by atoms with Gasteiger partial charge in [0, 0.05) is 36.8 Å². The van der Waals surface area contributed by atoms with Crippen LogP contribution in [-0.4, -0.2) is 51.3 Å². The number of benzene rings is 2. The van der Waals surface area contributed by atoms with Gasteiger partial charge >= 0.3 is 0 Å². The molecular weight excluding hydrogens is 537 g/mol. The first-order valence-corrected chi connectivity index (χ1v) is 12.2. The van der Waals surface area contributed by atoms with Crippen LogP contribution in [0.5, 0.6) is 0 Å². The topological polar surface area (TPSA) is 88.0 Å². The first kappa shape index (κ1) is 23.7. The van der Waals surface area contributed by atoms with E-state index in [9.17, 15) is 9.18 Å². The van der Waals surface area contributed by atoms with E-state index in [1.807, 2.05) is 23.1 Å². The molecule has 1 amide bonds. The largest absolute Gasteiger partial charge is 0.353 e. The van der Waals surface area contributed by atoms with Gasteiger partial charge in [-0.3, -0.25) is 4.79 Å². The molecule has 1 fully saturated rings. The molecule has 0 radical (unpaired) electrons. The van der Waals surface area contributed by atoms with Crippen molar-refractivity contribution in [2.75, 3.05) is 24.5 Å². The third-order valence-electron chi connectivity index (χ3n) is 5.96. The summed E-state index contributed by atoms with van der Waals surface area (Å²) in [5.74, 6) is 0.285. The fourth-order valence-corrected chi connectivity index (χ4v) is 4.46. The van der Waals surface area contributed by atoms with Crippen molar-refractivity contribution in [3.05, 3.63) is 75.4 Å². The summed E-state index contributed by atoms with van der Waals surface area (Å²) in [5.41, 5.74) is 2.58. The Labute approximate surface area is 214 Å². The van der Waals surface area contributed by atoms with Crippen LogP contribution in [-0.2, 0) is 11.3 Å². The summed E-state index contributed by atoms with van der Waals surface area (Å²) >= 11 is 9.52. The Morgan fingerprint density at radius 2 is 2.14 bits per heavy atom. The molecule has 1 atom stereocenters. The van der Waals surface area contributed by atoms with Gasteiger partial charge in [0.25, 0.3) is 0 Å². The van der Waals surface area contributed by atoms with Gasteiger partial charge in [0.2, 0.25) is 5.91 Å². The number of nitrogens with one attached hydrogen (secondary N) is 2. The van der Waals surface area contributed by atoms with Crippen LogP contribution in [0.25, 0.3) is 16.7 Å². The van der Waals surface area contributed by atoms with Crippen LogP contribution in [0.15, 0.2) is 53.4 Å². The molecule has 1 aliphatic rings. The summed E-state index contributed by atoms with van der Waals surface area (Å²) in [6, 6.07) is 10.1. The second kappa shape index (κ2) is 9.88. The number of fused-ring (bicyclic) bond motifs is 1. The lowest BCUT2D eigenvalue weighted by molar-refractivity contribution is -0.123. The molecule has 0 saturated carbocycles. The molecular formula is C24H22BrClFN7O. The Morgan fingerprint density at radius 3 is 2.94 bits per heavy atom. The Morgan fingerprint density at radius 1 is 1.29 bits per heavy atom. The number of carbonyl (C=O) groups excluding carboxylic acids is 1. The van der Waals surface area contributed by atoms with Crippen molar-refractivity contribution < 1.29 is 9.18 Å². The summed E-state index contributed by atoms with van der Waals surface area (Å²) in [6.07, 6.45) is 3.25. The van der Waals surface area contributed by atoms with Crippen LogP contribution in [0, 0.1) is 12.7 Å². The van der Waals surface area contributed by atoms with Crippen molar-refractivity contribution >= 4 is 50.3 Å². The van der Waals surface area contributed by atoms with Crippen molar-refractivity contribution in [3.63, 3.8) is 0 Å². The van der Waals surface area contributed by atoms with Gasteiger partial charge in [-0.15, -0.1) is 5.10 Å². The predicted octanol–water partition coefficient (Wildman–Crippen LogP) is 3.77. The van der Waals surface area contributed by atoms with Crippen molar-refractivity contribution in [1.82, 2.24) is 30.4 Å². The van der Waals surface area contributed by atoms with Crippen LogP contribution in [0.3, 0.4) is 0 Å². The molecule has 0 spiro atoms. The van der Waals surface area contributed by atoms with E-state index in [1.54, 1.807) is 29.9 Å². The van der Waals surface area contributed by atoms with Crippen LogP contribution >= 0.6 is 27.5 Å². The number of aromatic nitrogens is 4. The Kier molecular flexibility index (Phi) is 6.68. The van der Waals surface area contributed by atoms with Crippen LogP contribution in [0.1, 0.15) is 11.1 Å². The van der Waals surface area contributed by atoms with Gasteiger partial charge in [-0.2, -0.15) is 0 Å². The van der Waals surface area contributed by atoms with E-state index in [-0.39, 0.29) is 11.7 Å². The molecule has 11 heteroatoms. The highest BCUT2D eigenvalue weighted by atomic mass is 79.9. The third-order valence-corrected chi connectivity index (χ3v) is 7.19. The van der Waals surface area contributed by atoms with Gasteiger partial charge in [0.15, 0.2) is 5.65 Å². The van der Waals surface area contributed by atoms with Crippen molar-refractivity contribution in [1.29, 1.82) is 0 Å². The summed E-state index contributed by atoms with van der Waals surface area (Å²) in [7, 11) is 0. The van der Waals surface area contributed by atoms with Gasteiger partial charge in [0.05, 0.1) is 16.1 Å². The normalized spacial score (nSPS) is 16.0. The molecule has 8 nitrogen and oxygen atoms in total. The molecule has 0 bridgehead atoms. The number of rotatable bonds is 5. The highest BCUT2D eigenvalue weighted by molar-refractivity contribution is 9.10. The first-order valence-electron chi connectivity index (χ1n) is 11.1. The third kappa shape index (κ3) is 5.00. The monoisotopic (exact) mass is 557 g/mol. The number of hydrogen-bond acceptors (Lipinski definition) is 6. The summed E-state index contributed by atoms with van der Waals surface area (Å²) in [5, 5.41) is 12.1. The van der Waals surface area contributed by atoms with E-state index in [2.05, 4.69) is 41.6 Å². The summed E-state index contributed by atoms with van der Waals surface area (Å²) in [6.45, 7) is 3.81. The standard InChI is InChI=1S/C24H22BrClFN7O/c1-14-2-4-16(9-20(14)27)34-11-17-22(32-34)30-13-31-23(17)33-7-6-28-21(12-33)24(35)29-10-15-3-5-18(25)19(26)8-15/h2-5,8-9,11,13,21,28H,6-7,10,12H2,1H3,(H,29,35). The molecule has 35 heavy (non-hydrogen) atoms. The zero-order valence-corrected chi connectivity index (χ0v) is 21.1. The van der Waals surface area contributed by atoms with E-state index in [4.69, 9.17) is 11.6 Å². The molecule has 1 aliphatic heterocycles. The first-order chi connectivity index (χ1) is 16.9. The predicted molar refractivity (Wildman–Crippen MR) is 136 cm³/mol.